The number of benzene rings is 1. The number of nitrogens with one attached hydrogen (secondary N) is 2. The molecule has 2 amide bonds. The standard InChI is InChI=1S/C19H20N2O5/c1-12(2)16(19(24)25)21-17(22)14(11-13-7-4-3-5-8-13)20-18(23)15-9-6-10-26-15/h3-12,16H,1-2H3,(H,20,23)(H,21,22)(H,24,25)/b14-11-/t16-/m0/s1. The molecule has 1 aromatic heterocycles. The molecule has 136 valence electrons. The van der Waals surface area contributed by atoms with Gasteiger partial charge in [0.1, 0.15) is 11.7 Å². The zero-order valence-electron chi connectivity index (χ0n) is 14.4. The van der Waals surface area contributed by atoms with Gasteiger partial charge in [-0.25, -0.2) is 4.79 Å². The fraction of sp³-hybridized carbons (Fsp3) is 0.211. The van der Waals surface area contributed by atoms with E-state index < -0.39 is 23.8 Å². The van der Waals surface area contributed by atoms with Crippen LogP contribution in [0.25, 0.3) is 6.08 Å². The molecule has 26 heavy (non-hydrogen) atoms. The van der Waals surface area contributed by atoms with Gasteiger partial charge in [0.05, 0.1) is 6.26 Å². The first-order valence-electron chi connectivity index (χ1n) is 8.03. The van der Waals surface area contributed by atoms with E-state index in [0.29, 0.717) is 5.56 Å². The van der Waals surface area contributed by atoms with Crippen molar-refractivity contribution >= 4 is 23.9 Å². The smallest absolute Gasteiger partial charge is 0.326 e. The second kappa shape index (κ2) is 8.66. The molecule has 0 fully saturated rings. The van der Waals surface area contributed by atoms with Crippen molar-refractivity contribution in [1.82, 2.24) is 10.6 Å². The molecule has 0 saturated carbocycles. The van der Waals surface area contributed by atoms with E-state index in [1.54, 1.807) is 44.2 Å². The Morgan fingerprint density at radius 1 is 1.08 bits per heavy atom. The summed E-state index contributed by atoms with van der Waals surface area (Å²) in [5, 5.41) is 14.2. The van der Waals surface area contributed by atoms with Gasteiger partial charge in [-0.05, 0) is 29.7 Å². The van der Waals surface area contributed by atoms with Crippen LogP contribution in [0.15, 0.2) is 58.8 Å². The number of rotatable bonds is 7. The molecule has 1 atom stereocenters. The van der Waals surface area contributed by atoms with Gasteiger partial charge in [-0.1, -0.05) is 44.2 Å². The Hall–Kier alpha value is -3.35. The lowest BCUT2D eigenvalue weighted by molar-refractivity contribution is -0.142. The van der Waals surface area contributed by atoms with Crippen molar-refractivity contribution in [3.05, 3.63) is 65.7 Å². The van der Waals surface area contributed by atoms with Gasteiger partial charge in [0.2, 0.25) is 0 Å². The van der Waals surface area contributed by atoms with Crippen LogP contribution in [0.4, 0.5) is 0 Å². The Bertz CT molecular complexity index is 795. The number of furan rings is 1. The lowest BCUT2D eigenvalue weighted by Gasteiger charge is -2.19. The number of carboxylic acids is 1. The van der Waals surface area contributed by atoms with Crippen LogP contribution < -0.4 is 10.6 Å². The largest absolute Gasteiger partial charge is 0.480 e. The van der Waals surface area contributed by atoms with Crippen LogP contribution in [0.3, 0.4) is 0 Å². The molecule has 0 spiro atoms. The Kier molecular flexibility index (Phi) is 6.32. The number of carbonyl (C=O) groups is 3. The average Bonchev–Trinajstić information content (AvgIpc) is 3.14. The summed E-state index contributed by atoms with van der Waals surface area (Å²) in [7, 11) is 0. The maximum Gasteiger partial charge on any atom is 0.326 e. The van der Waals surface area contributed by atoms with Crippen LogP contribution in [-0.2, 0) is 9.59 Å². The summed E-state index contributed by atoms with van der Waals surface area (Å²) in [6, 6.07) is 10.8. The zero-order valence-corrected chi connectivity index (χ0v) is 14.4. The summed E-state index contributed by atoms with van der Waals surface area (Å²) in [5.41, 5.74) is 0.596. The molecule has 0 aliphatic heterocycles. The maximum atomic E-state index is 12.6. The predicted molar refractivity (Wildman–Crippen MR) is 95.0 cm³/mol. The normalized spacial score (nSPS) is 12.5. The Balaban J connectivity index is 2.27. The highest BCUT2D eigenvalue weighted by Crippen LogP contribution is 2.09. The highest BCUT2D eigenvalue weighted by Gasteiger charge is 2.26. The molecule has 0 saturated heterocycles. The van der Waals surface area contributed by atoms with Crippen molar-refractivity contribution in [3.63, 3.8) is 0 Å². The molecular formula is C19H20N2O5. The number of aliphatic carboxylic acids is 1. The second-order valence-electron chi connectivity index (χ2n) is 5.93. The van der Waals surface area contributed by atoms with E-state index in [1.807, 2.05) is 6.07 Å². The van der Waals surface area contributed by atoms with Crippen molar-refractivity contribution in [1.29, 1.82) is 0 Å². The maximum absolute atomic E-state index is 12.6. The van der Waals surface area contributed by atoms with E-state index in [1.165, 1.54) is 18.4 Å². The zero-order chi connectivity index (χ0) is 19.1. The Morgan fingerprint density at radius 2 is 1.77 bits per heavy atom. The summed E-state index contributed by atoms with van der Waals surface area (Å²) >= 11 is 0. The monoisotopic (exact) mass is 356 g/mol. The van der Waals surface area contributed by atoms with E-state index in [4.69, 9.17) is 4.42 Å². The minimum absolute atomic E-state index is 0.0374. The number of carbonyl (C=O) groups excluding carboxylic acids is 2. The summed E-state index contributed by atoms with van der Waals surface area (Å²) in [4.78, 5) is 36.1. The summed E-state index contributed by atoms with van der Waals surface area (Å²) in [6.07, 6.45) is 2.81. The van der Waals surface area contributed by atoms with Gasteiger partial charge in [-0.3, -0.25) is 9.59 Å². The van der Waals surface area contributed by atoms with Crippen molar-refractivity contribution in [2.24, 2.45) is 5.92 Å². The van der Waals surface area contributed by atoms with Crippen LogP contribution in [0.1, 0.15) is 30.0 Å². The van der Waals surface area contributed by atoms with Gasteiger partial charge in [0, 0.05) is 0 Å². The first-order chi connectivity index (χ1) is 12.4. The van der Waals surface area contributed by atoms with Gasteiger partial charge < -0.3 is 20.2 Å². The molecule has 2 aromatic rings. The molecule has 1 aromatic carbocycles. The topological polar surface area (TPSA) is 109 Å². The van der Waals surface area contributed by atoms with Crippen molar-refractivity contribution in [2.75, 3.05) is 0 Å². The van der Waals surface area contributed by atoms with Crippen molar-refractivity contribution in [2.45, 2.75) is 19.9 Å². The fourth-order valence-corrected chi connectivity index (χ4v) is 2.20. The molecule has 3 N–H and O–H groups in total. The number of amides is 2. The predicted octanol–water partition coefficient (Wildman–Crippen LogP) is 2.28. The minimum Gasteiger partial charge on any atom is -0.480 e. The highest BCUT2D eigenvalue weighted by molar-refractivity contribution is 6.05. The van der Waals surface area contributed by atoms with E-state index in [0.717, 1.165) is 0 Å². The number of hydrogen-bond donors (Lipinski definition) is 3. The highest BCUT2D eigenvalue weighted by atomic mass is 16.4. The molecule has 7 heteroatoms. The van der Waals surface area contributed by atoms with E-state index >= 15 is 0 Å². The average molecular weight is 356 g/mol. The fourth-order valence-electron chi connectivity index (χ4n) is 2.20. The number of hydrogen-bond acceptors (Lipinski definition) is 4. The Labute approximate surface area is 150 Å². The molecule has 0 unspecified atom stereocenters. The van der Waals surface area contributed by atoms with Gasteiger partial charge in [-0.2, -0.15) is 0 Å². The van der Waals surface area contributed by atoms with Crippen molar-refractivity contribution < 1.29 is 23.9 Å². The second-order valence-corrected chi connectivity index (χ2v) is 5.93. The molecule has 2 rings (SSSR count). The first-order valence-corrected chi connectivity index (χ1v) is 8.03. The SMILES string of the molecule is CC(C)[C@H](NC(=O)/C(=C/c1ccccc1)NC(=O)c1ccco1)C(=O)O. The van der Waals surface area contributed by atoms with E-state index in [2.05, 4.69) is 10.6 Å². The lowest BCUT2D eigenvalue weighted by Crippen LogP contribution is -2.47. The van der Waals surface area contributed by atoms with Gasteiger partial charge in [-0.15, -0.1) is 0 Å². The van der Waals surface area contributed by atoms with Gasteiger partial charge >= 0.3 is 5.97 Å². The molecule has 0 bridgehead atoms. The van der Waals surface area contributed by atoms with E-state index in [9.17, 15) is 19.5 Å². The number of carboxylic acid groups (broad SMARTS) is 1. The van der Waals surface area contributed by atoms with Crippen molar-refractivity contribution in [3.8, 4) is 0 Å². The third kappa shape index (κ3) is 5.07. The van der Waals surface area contributed by atoms with Crippen LogP contribution in [-0.4, -0.2) is 28.9 Å². The lowest BCUT2D eigenvalue weighted by atomic mass is 10.0. The van der Waals surface area contributed by atoms with Crippen LogP contribution in [0, 0.1) is 5.92 Å². The summed E-state index contributed by atoms with van der Waals surface area (Å²) < 4.78 is 5.02. The first kappa shape index (κ1) is 19.0. The summed E-state index contributed by atoms with van der Waals surface area (Å²) in [6.45, 7) is 3.36. The molecule has 1 heterocycles. The van der Waals surface area contributed by atoms with E-state index in [-0.39, 0.29) is 17.4 Å². The molecule has 0 aliphatic rings. The molecule has 0 aliphatic carbocycles. The van der Waals surface area contributed by atoms with Crippen LogP contribution in [0.2, 0.25) is 0 Å². The summed E-state index contributed by atoms with van der Waals surface area (Å²) in [5.74, 6) is -2.74. The van der Waals surface area contributed by atoms with Crippen LogP contribution >= 0.6 is 0 Å². The molecule has 0 radical (unpaired) electrons. The molecule has 7 nitrogen and oxygen atoms in total. The van der Waals surface area contributed by atoms with Gasteiger partial charge in [0.15, 0.2) is 5.76 Å². The third-order valence-corrected chi connectivity index (χ3v) is 3.57. The van der Waals surface area contributed by atoms with Gasteiger partial charge in [0.25, 0.3) is 11.8 Å². The van der Waals surface area contributed by atoms with Crippen LogP contribution in [0.5, 0.6) is 0 Å². The third-order valence-electron chi connectivity index (χ3n) is 3.57. The molecular weight excluding hydrogens is 336 g/mol. The Morgan fingerprint density at radius 3 is 2.31 bits per heavy atom. The quantitative estimate of drug-likeness (QED) is 0.660. The minimum atomic E-state index is -1.15.